The molecule has 2 aliphatic rings. The molecule has 0 heterocycles. The second-order valence-electron chi connectivity index (χ2n) is 14.0. The van der Waals surface area contributed by atoms with Crippen LogP contribution in [0.25, 0.3) is 11.1 Å². The largest absolute Gasteiger partial charge is 0.289 e. The van der Waals surface area contributed by atoms with E-state index in [0.717, 1.165) is 22.3 Å². The molecule has 10 heteroatoms. The van der Waals surface area contributed by atoms with E-state index in [1.165, 1.54) is 0 Å². The molecule has 0 N–H and O–H groups in total. The SMILES string of the molecule is CC1=CC(=C(C)N=Nc2cc(Cl)c(-c3cc(Cl)c(N=NC(C)=C4C=C(C(C)(C)C)C(=O)C(C(C)(C)C)=C4)cc3Cl)cc2Cl)C=C(C)C1=O. The summed E-state index contributed by atoms with van der Waals surface area (Å²) in [7, 11) is 0. The summed E-state index contributed by atoms with van der Waals surface area (Å²) in [4.78, 5) is 25.4. The van der Waals surface area contributed by atoms with Crippen LogP contribution in [-0.4, -0.2) is 11.6 Å². The second kappa shape index (κ2) is 14.2. The van der Waals surface area contributed by atoms with Crippen LogP contribution in [0.5, 0.6) is 0 Å². The molecule has 0 atom stereocenters. The van der Waals surface area contributed by atoms with Gasteiger partial charge in [-0.1, -0.05) is 87.9 Å². The monoisotopic (exact) mass is 722 g/mol. The zero-order valence-corrected chi connectivity index (χ0v) is 31.8. The molecule has 48 heavy (non-hydrogen) atoms. The van der Waals surface area contributed by atoms with Gasteiger partial charge in [-0.15, -0.1) is 10.2 Å². The van der Waals surface area contributed by atoms with Gasteiger partial charge in [-0.2, -0.15) is 10.2 Å². The second-order valence-corrected chi connectivity index (χ2v) is 15.6. The van der Waals surface area contributed by atoms with Gasteiger partial charge in [-0.05, 0) is 109 Å². The Kier molecular flexibility index (Phi) is 11.1. The van der Waals surface area contributed by atoms with Crippen molar-refractivity contribution in [3.8, 4) is 11.1 Å². The van der Waals surface area contributed by atoms with E-state index < -0.39 is 0 Å². The van der Waals surface area contributed by atoms with Crippen LogP contribution in [0.1, 0.15) is 69.2 Å². The Balaban J connectivity index is 1.66. The molecule has 0 radical (unpaired) electrons. The number of hydrogen-bond acceptors (Lipinski definition) is 6. The van der Waals surface area contributed by atoms with E-state index in [0.29, 0.717) is 65.1 Å². The maximum Gasteiger partial charge on any atom is 0.186 e. The summed E-state index contributed by atoms with van der Waals surface area (Å²) in [5, 5.41) is 18.8. The van der Waals surface area contributed by atoms with Crippen molar-refractivity contribution in [2.75, 3.05) is 0 Å². The van der Waals surface area contributed by atoms with Gasteiger partial charge in [0.1, 0.15) is 11.4 Å². The molecule has 0 unspecified atom stereocenters. The Morgan fingerprint density at radius 1 is 0.542 bits per heavy atom. The van der Waals surface area contributed by atoms with E-state index in [-0.39, 0.29) is 22.4 Å². The van der Waals surface area contributed by atoms with Gasteiger partial charge in [0.2, 0.25) is 0 Å². The van der Waals surface area contributed by atoms with E-state index in [1.807, 2.05) is 60.6 Å². The highest BCUT2D eigenvalue weighted by atomic mass is 35.5. The van der Waals surface area contributed by atoms with Crippen LogP contribution in [0.3, 0.4) is 0 Å². The summed E-state index contributed by atoms with van der Waals surface area (Å²) in [5.74, 6) is 0.0584. The predicted octanol–water partition coefficient (Wildman–Crippen LogP) is 13.7. The van der Waals surface area contributed by atoms with Crippen LogP contribution in [0, 0.1) is 10.8 Å². The van der Waals surface area contributed by atoms with Crippen molar-refractivity contribution in [1.29, 1.82) is 0 Å². The van der Waals surface area contributed by atoms with Gasteiger partial charge in [-0.25, -0.2) is 0 Å². The molecule has 0 saturated heterocycles. The van der Waals surface area contributed by atoms with Gasteiger partial charge in [0.05, 0.1) is 31.5 Å². The fourth-order valence-corrected chi connectivity index (χ4v) is 6.05. The summed E-state index contributed by atoms with van der Waals surface area (Å²) in [6.45, 7) is 19.3. The molecule has 0 aliphatic heterocycles. The minimum Gasteiger partial charge on any atom is -0.289 e. The van der Waals surface area contributed by atoms with Gasteiger partial charge in [0.25, 0.3) is 0 Å². The third-order valence-electron chi connectivity index (χ3n) is 7.98. The normalized spacial score (nSPS) is 16.0. The number of azo groups is 2. The first-order valence-electron chi connectivity index (χ1n) is 15.3. The quantitative estimate of drug-likeness (QED) is 0.288. The number of carbonyl (C=O) groups is 2. The minimum absolute atomic E-state index is 0.00802. The average Bonchev–Trinajstić information content (AvgIpc) is 2.98. The van der Waals surface area contributed by atoms with Crippen LogP contribution in [0.2, 0.25) is 20.1 Å². The number of nitrogens with zero attached hydrogens (tertiary/aromatic N) is 4. The Hall–Kier alpha value is -3.42. The van der Waals surface area contributed by atoms with Crippen molar-refractivity contribution in [2.24, 2.45) is 31.3 Å². The number of carbonyl (C=O) groups excluding carboxylic acids is 2. The lowest BCUT2D eigenvalue weighted by atomic mass is 9.72. The van der Waals surface area contributed by atoms with E-state index in [1.54, 1.807) is 57.2 Å². The Labute approximate surface area is 302 Å². The third-order valence-corrected chi connectivity index (χ3v) is 9.21. The third kappa shape index (κ3) is 8.23. The molecule has 6 nitrogen and oxygen atoms in total. The first-order chi connectivity index (χ1) is 22.2. The van der Waals surface area contributed by atoms with E-state index in [2.05, 4.69) is 20.5 Å². The summed E-state index contributed by atoms with van der Waals surface area (Å²) in [6, 6.07) is 6.54. The fraction of sp³-hybridized carbons (Fsp3) is 0.316. The number of rotatable bonds is 5. The predicted molar refractivity (Wildman–Crippen MR) is 199 cm³/mol. The number of ketones is 2. The number of halogens is 4. The first kappa shape index (κ1) is 37.4. The van der Waals surface area contributed by atoms with E-state index >= 15 is 0 Å². The van der Waals surface area contributed by atoms with Crippen LogP contribution in [0.15, 0.2) is 114 Å². The summed E-state index contributed by atoms with van der Waals surface area (Å²) in [5.41, 5.74) is 6.74. The van der Waals surface area contributed by atoms with Gasteiger partial charge >= 0.3 is 0 Å². The number of allylic oxidation sites excluding steroid dienone is 12. The van der Waals surface area contributed by atoms with Gasteiger partial charge in [0, 0.05) is 22.3 Å². The number of benzene rings is 2. The van der Waals surface area contributed by atoms with Crippen molar-refractivity contribution in [1.82, 2.24) is 0 Å². The molecule has 0 saturated carbocycles. The zero-order valence-electron chi connectivity index (χ0n) is 28.7. The summed E-state index contributed by atoms with van der Waals surface area (Å²) in [6.07, 6.45) is 7.36. The Bertz CT molecular complexity index is 1930. The smallest absolute Gasteiger partial charge is 0.186 e. The van der Waals surface area contributed by atoms with Gasteiger partial charge in [0.15, 0.2) is 11.6 Å². The Morgan fingerprint density at radius 3 is 1.25 bits per heavy atom. The Morgan fingerprint density at radius 2 is 0.896 bits per heavy atom. The molecular weight excluding hydrogens is 686 g/mol. The highest BCUT2D eigenvalue weighted by Gasteiger charge is 2.34. The maximum atomic E-state index is 13.3. The molecule has 250 valence electrons. The molecule has 2 aromatic carbocycles. The number of hydrogen-bond donors (Lipinski definition) is 0. The maximum absolute atomic E-state index is 13.3. The zero-order chi connectivity index (χ0) is 35.9. The summed E-state index contributed by atoms with van der Waals surface area (Å²) < 4.78 is 0. The van der Waals surface area contributed by atoms with Crippen LogP contribution < -0.4 is 0 Å². The molecule has 0 spiro atoms. The van der Waals surface area contributed by atoms with Crippen LogP contribution in [0.4, 0.5) is 11.4 Å². The molecule has 0 aromatic heterocycles. The molecule has 0 bridgehead atoms. The lowest BCUT2D eigenvalue weighted by molar-refractivity contribution is -0.114. The van der Waals surface area contributed by atoms with E-state index in [4.69, 9.17) is 46.4 Å². The van der Waals surface area contributed by atoms with Crippen LogP contribution >= 0.6 is 46.4 Å². The highest BCUT2D eigenvalue weighted by Crippen LogP contribution is 2.44. The molecule has 0 amide bonds. The van der Waals surface area contributed by atoms with Crippen molar-refractivity contribution in [3.05, 3.63) is 113 Å². The first-order valence-corrected chi connectivity index (χ1v) is 16.8. The lowest BCUT2D eigenvalue weighted by Gasteiger charge is -2.31. The van der Waals surface area contributed by atoms with Crippen molar-refractivity contribution >= 4 is 69.3 Å². The molecular formula is C38H38Cl4N4O2. The lowest BCUT2D eigenvalue weighted by Crippen LogP contribution is -2.28. The average molecular weight is 725 g/mol. The van der Waals surface area contributed by atoms with Crippen molar-refractivity contribution in [2.45, 2.75) is 69.2 Å². The highest BCUT2D eigenvalue weighted by molar-refractivity contribution is 6.40. The molecule has 0 fully saturated rings. The topological polar surface area (TPSA) is 83.6 Å². The summed E-state index contributed by atoms with van der Waals surface area (Å²) >= 11 is 26.7. The van der Waals surface area contributed by atoms with Crippen molar-refractivity contribution in [3.63, 3.8) is 0 Å². The minimum atomic E-state index is -0.343. The van der Waals surface area contributed by atoms with Crippen LogP contribution in [-0.2, 0) is 9.59 Å². The van der Waals surface area contributed by atoms with E-state index in [9.17, 15) is 9.59 Å². The van der Waals surface area contributed by atoms with Gasteiger partial charge < -0.3 is 0 Å². The standard InChI is InChI=1S/C38H38Cl4N4O2/c1-19-11-23(12-20(2)35(19)47)21(3)43-45-33-17-29(39)25(15-31(33)41)26-16-32(42)34(18-30(26)40)46-44-22(4)24-13-27(37(5,6)7)36(48)28(14-24)38(8,9)10/h11-18H,1-10H3. The molecule has 4 rings (SSSR count). The molecule has 2 aromatic rings. The fourth-order valence-electron chi connectivity index (χ4n) is 5.12. The molecule has 2 aliphatic carbocycles. The van der Waals surface area contributed by atoms with Crippen molar-refractivity contribution < 1.29 is 9.59 Å². The van der Waals surface area contributed by atoms with Gasteiger partial charge in [-0.3, -0.25) is 9.59 Å². The number of Topliss-reactive ketones (excluding diaryl/α,β-unsaturated/α-hetero) is 2.